The molecule has 0 bridgehead atoms. The molecule has 0 unspecified atom stereocenters. The largest absolute Gasteiger partial charge is 0.435 e. The number of hydrogen-bond acceptors (Lipinski definition) is 6. The molecule has 0 radical (unpaired) electrons. The van der Waals surface area contributed by atoms with E-state index in [2.05, 4.69) is 19.9 Å². The number of carbonyl (C=O) groups is 1. The summed E-state index contributed by atoms with van der Waals surface area (Å²) in [6.07, 6.45) is 0. The third kappa shape index (κ3) is 5.47. The van der Waals surface area contributed by atoms with Crippen molar-refractivity contribution in [3.05, 3.63) is 41.3 Å². The van der Waals surface area contributed by atoms with Gasteiger partial charge in [0.15, 0.2) is 5.76 Å². The van der Waals surface area contributed by atoms with Gasteiger partial charge in [0.2, 0.25) is 15.9 Å². The molecular weight excluding hydrogens is 384 g/mol. The maximum atomic E-state index is 12.4. The van der Waals surface area contributed by atoms with E-state index in [0.717, 1.165) is 0 Å². The van der Waals surface area contributed by atoms with E-state index >= 15 is 0 Å². The van der Waals surface area contributed by atoms with Crippen LogP contribution in [0.4, 0.5) is 8.78 Å². The molecule has 8 nitrogen and oxygen atoms in total. The minimum absolute atomic E-state index is 0.0106. The van der Waals surface area contributed by atoms with E-state index in [0.29, 0.717) is 5.56 Å². The van der Waals surface area contributed by atoms with Crippen molar-refractivity contribution in [2.24, 2.45) is 0 Å². The van der Waals surface area contributed by atoms with Gasteiger partial charge in [-0.2, -0.15) is 13.5 Å². The molecule has 1 amide bonds. The Bertz CT molecular complexity index is 895. The minimum Gasteiger partial charge on any atom is -0.435 e. The normalized spacial score (nSPS) is 12.8. The molecule has 1 atom stereocenters. The number of aryl methyl sites for hydroxylation is 2. The summed E-state index contributed by atoms with van der Waals surface area (Å²) < 4.78 is 60.6. The molecule has 11 heteroatoms. The van der Waals surface area contributed by atoms with Crippen LogP contribution in [-0.2, 0) is 21.4 Å². The van der Waals surface area contributed by atoms with Gasteiger partial charge in [0.05, 0.1) is 6.04 Å². The second-order valence-corrected chi connectivity index (χ2v) is 7.39. The minimum atomic E-state index is -4.00. The number of sulfonamides is 1. The molecule has 2 N–H and O–H groups in total. The first-order valence-electron chi connectivity index (χ1n) is 7.87. The first-order chi connectivity index (χ1) is 12.6. The summed E-state index contributed by atoms with van der Waals surface area (Å²) in [5, 5.41) is 6.11. The van der Waals surface area contributed by atoms with E-state index in [-0.39, 0.29) is 28.6 Å². The third-order valence-electron chi connectivity index (χ3n) is 3.55. The number of carbonyl (C=O) groups excluding carboxylic acids is 1. The van der Waals surface area contributed by atoms with Gasteiger partial charge in [0.25, 0.3) is 0 Å². The highest BCUT2D eigenvalue weighted by molar-refractivity contribution is 7.89. The Balaban J connectivity index is 1.98. The summed E-state index contributed by atoms with van der Waals surface area (Å²) in [6.45, 7) is 1.37. The number of hydrogen-bond donors (Lipinski definition) is 2. The van der Waals surface area contributed by atoms with Gasteiger partial charge in [0, 0.05) is 6.54 Å². The van der Waals surface area contributed by atoms with Gasteiger partial charge in [-0.1, -0.05) is 17.3 Å². The quantitative estimate of drug-likeness (QED) is 0.696. The number of alkyl halides is 2. The summed E-state index contributed by atoms with van der Waals surface area (Å²) in [5.41, 5.74) is 0.700. The highest BCUT2D eigenvalue weighted by Gasteiger charge is 2.28. The van der Waals surface area contributed by atoms with Crippen molar-refractivity contribution in [2.45, 2.75) is 44.9 Å². The number of nitrogens with one attached hydrogen (secondary N) is 2. The van der Waals surface area contributed by atoms with Crippen LogP contribution in [0, 0.1) is 13.8 Å². The number of benzene rings is 1. The van der Waals surface area contributed by atoms with Crippen molar-refractivity contribution in [2.75, 3.05) is 0 Å². The average molecular weight is 403 g/mol. The van der Waals surface area contributed by atoms with Crippen molar-refractivity contribution < 1.29 is 31.3 Å². The Kier molecular flexibility index (Phi) is 6.50. The van der Waals surface area contributed by atoms with Crippen LogP contribution in [0.3, 0.4) is 0 Å². The van der Waals surface area contributed by atoms with E-state index in [1.165, 1.54) is 39.0 Å². The van der Waals surface area contributed by atoms with Gasteiger partial charge in [-0.15, -0.1) is 0 Å². The smallest absolute Gasteiger partial charge is 0.387 e. The maximum Gasteiger partial charge on any atom is 0.387 e. The van der Waals surface area contributed by atoms with E-state index in [1.807, 2.05) is 0 Å². The Labute approximate surface area is 154 Å². The molecule has 1 heterocycles. The van der Waals surface area contributed by atoms with Gasteiger partial charge < -0.3 is 14.6 Å². The fourth-order valence-electron chi connectivity index (χ4n) is 2.38. The van der Waals surface area contributed by atoms with E-state index in [4.69, 9.17) is 4.52 Å². The molecule has 1 aromatic carbocycles. The number of halogens is 2. The van der Waals surface area contributed by atoms with Crippen LogP contribution in [0.15, 0.2) is 33.7 Å². The molecule has 0 aliphatic carbocycles. The van der Waals surface area contributed by atoms with Gasteiger partial charge in [-0.25, -0.2) is 8.42 Å². The number of ether oxygens (including phenoxy) is 1. The zero-order valence-corrected chi connectivity index (χ0v) is 15.6. The molecular formula is C16H19F2N3O5S. The van der Waals surface area contributed by atoms with Crippen LogP contribution in [0.5, 0.6) is 5.75 Å². The van der Waals surface area contributed by atoms with E-state index < -0.39 is 28.6 Å². The lowest BCUT2D eigenvalue weighted by Crippen LogP contribution is -2.44. The topological polar surface area (TPSA) is 111 Å². The molecule has 2 aromatic rings. The molecule has 0 saturated carbocycles. The first-order valence-corrected chi connectivity index (χ1v) is 9.35. The second-order valence-electron chi connectivity index (χ2n) is 5.74. The van der Waals surface area contributed by atoms with Crippen molar-refractivity contribution >= 4 is 15.9 Å². The molecule has 148 valence electrons. The number of nitrogens with zero attached hydrogens (tertiary/aromatic N) is 1. The monoisotopic (exact) mass is 403 g/mol. The standard InChI is InChI=1S/C16H19F2N3O5S/c1-9-14(11(3)26-20-9)27(23,24)21-10(2)15(22)19-8-12-5-4-6-13(7-12)25-16(17)18/h4-7,10,16,21H,8H2,1-3H3,(H,19,22)/t10-/m0/s1. The molecule has 2 rings (SSSR count). The first kappa shape index (κ1) is 20.8. The summed E-state index contributed by atoms with van der Waals surface area (Å²) in [4.78, 5) is 12.1. The van der Waals surface area contributed by atoms with E-state index in [1.54, 1.807) is 6.07 Å². The van der Waals surface area contributed by atoms with Gasteiger partial charge in [0.1, 0.15) is 16.3 Å². The average Bonchev–Trinajstić information content (AvgIpc) is 2.91. The Morgan fingerprint density at radius 3 is 2.63 bits per heavy atom. The van der Waals surface area contributed by atoms with Crippen molar-refractivity contribution in [3.8, 4) is 5.75 Å². The van der Waals surface area contributed by atoms with Gasteiger partial charge in [-0.3, -0.25) is 4.79 Å². The Hall–Kier alpha value is -2.53. The van der Waals surface area contributed by atoms with E-state index in [9.17, 15) is 22.0 Å². The lowest BCUT2D eigenvalue weighted by atomic mass is 10.2. The van der Waals surface area contributed by atoms with Crippen LogP contribution in [0.25, 0.3) is 0 Å². The summed E-state index contributed by atoms with van der Waals surface area (Å²) >= 11 is 0. The van der Waals surface area contributed by atoms with Crippen molar-refractivity contribution in [3.63, 3.8) is 0 Å². The zero-order valence-electron chi connectivity index (χ0n) is 14.8. The lowest BCUT2D eigenvalue weighted by Gasteiger charge is -2.14. The lowest BCUT2D eigenvalue weighted by molar-refractivity contribution is -0.122. The van der Waals surface area contributed by atoms with Crippen LogP contribution in [0.2, 0.25) is 0 Å². The molecule has 1 aromatic heterocycles. The van der Waals surface area contributed by atoms with Crippen LogP contribution in [-0.4, -0.2) is 32.1 Å². The Morgan fingerprint density at radius 1 is 1.33 bits per heavy atom. The summed E-state index contributed by atoms with van der Waals surface area (Å²) in [7, 11) is -4.00. The number of rotatable bonds is 8. The fourth-order valence-corrected chi connectivity index (χ4v) is 3.91. The van der Waals surface area contributed by atoms with Gasteiger partial charge >= 0.3 is 6.61 Å². The summed E-state index contributed by atoms with van der Waals surface area (Å²) in [5.74, 6) is -0.516. The molecule has 0 saturated heterocycles. The number of amides is 1. The SMILES string of the molecule is Cc1noc(C)c1S(=O)(=O)N[C@@H](C)C(=O)NCc1cccc(OC(F)F)c1. The maximum absolute atomic E-state index is 12.4. The van der Waals surface area contributed by atoms with Gasteiger partial charge in [-0.05, 0) is 38.5 Å². The number of aromatic nitrogens is 1. The molecule has 0 fully saturated rings. The van der Waals surface area contributed by atoms with Crippen molar-refractivity contribution in [1.82, 2.24) is 15.2 Å². The highest BCUT2D eigenvalue weighted by Crippen LogP contribution is 2.19. The fraction of sp³-hybridized carbons (Fsp3) is 0.375. The molecule has 0 spiro atoms. The third-order valence-corrected chi connectivity index (χ3v) is 5.34. The molecule has 0 aliphatic heterocycles. The van der Waals surface area contributed by atoms with Crippen LogP contribution < -0.4 is 14.8 Å². The predicted octanol–water partition coefficient (Wildman–Crippen LogP) is 1.88. The second kappa shape index (κ2) is 8.44. The molecule has 0 aliphatic rings. The highest BCUT2D eigenvalue weighted by atomic mass is 32.2. The predicted molar refractivity (Wildman–Crippen MR) is 90.7 cm³/mol. The zero-order chi connectivity index (χ0) is 20.2. The summed E-state index contributed by atoms with van der Waals surface area (Å²) in [6, 6.07) is 4.74. The van der Waals surface area contributed by atoms with Crippen LogP contribution in [0.1, 0.15) is 23.9 Å². The molecule has 27 heavy (non-hydrogen) atoms. The van der Waals surface area contributed by atoms with Crippen molar-refractivity contribution in [1.29, 1.82) is 0 Å². The van der Waals surface area contributed by atoms with Crippen LogP contribution >= 0.6 is 0 Å². The Morgan fingerprint density at radius 2 is 2.04 bits per heavy atom.